The third-order valence-electron chi connectivity index (χ3n) is 6.43. The van der Waals surface area contributed by atoms with Gasteiger partial charge in [0.25, 0.3) is 0 Å². The molecule has 2 aromatic carbocycles. The average molecular weight is 591 g/mol. The summed E-state index contributed by atoms with van der Waals surface area (Å²) in [5.74, 6) is -0.368. The molecule has 2 atom stereocenters. The van der Waals surface area contributed by atoms with Crippen LogP contribution in [-0.2, 0) is 14.3 Å². The van der Waals surface area contributed by atoms with Crippen LogP contribution in [0.5, 0.6) is 0 Å². The van der Waals surface area contributed by atoms with E-state index in [9.17, 15) is 14.4 Å². The van der Waals surface area contributed by atoms with Crippen molar-refractivity contribution in [1.82, 2.24) is 4.90 Å². The predicted octanol–water partition coefficient (Wildman–Crippen LogP) is 5.76. The maximum absolute atomic E-state index is 13.8. The first-order valence-corrected chi connectivity index (χ1v) is 15.7. The fraction of sp³-hybridized carbons (Fsp3) is 0.138. The van der Waals surface area contributed by atoms with E-state index < -0.39 is 18.1 Å². The summed E-state index contributed by atoms with van der Waals surface area (Å²) in [6.07, 6.45) is 1.19. The molecule has 4 heterocycles. The van der Waals surface area contributed by atoms with Crippen LogP contribution in [0.15, 0.2) is 110 Å². The molecule has 2 N–H and O–H groups in total. The van der Waals surface area contributed by atoms with Gasteiger partial charge in [0.15, 0.2) is 11.5 Å². The third kappa shape index (κ3) is 5.10. The van der Waals surface area contributed by atoms with Crippen molar-refractivity contribution in [3.8, 4) is 0 Å². The highest BCUT2D eigenvalue weighted by Crippen LogP contribution is 2.41. The van der Waals surface area contributed by atoms with Crippen molar-refractivity contribution in [2.24, 2.45) is 5.73 Å². The number of ether oxygens (including phenoxy) is 1. The van der Waals surface area contributed by atoms with Crippen LogP contribution in [0, 0.1) is 0 Å². The maximum atomic E-state index is 13.8. The van der Waals surface area contributed by atoms with E-state index in [1.165, 1.54) is 39.8 Å². The number of carbonyl (C=O) groups excluding carboxylic acids is 2. The second kappa shape index (κ2) is 11.1. The Labute approximate surface area is 241 Å². The number of thiophene rings is 1. The lowest BCUT2D eigenvalue weighted by Crippen LogP contribution is -2.68. The van der Waals surface area contributed by atoms with Gasteiger partial charge in [-0.05, 0) is 39.6 Å². The van der Waals surface area contributed by atoms with E-state index in [1.54, 1.807) is 17.4 Å². The van der Waals surface area contributed by atoms with Gasteiger partial charge in [0.2, 0.25) is 5.91 Å². The second-order valence-corrected chi connectivity index (χ2v) is 13.2. The summed E-state index contributed by atoms with van der Waals surface area (Å²) in [5.41, 5.74) is 8.62. The number of β-lactam (4-membered cyclic amide) rings is 1. The van der Waals surface area contributed by atoms with Gasteiger partial charge in [-0.1, -0.05) is 72.4 Å². The largest absolute Gasteiger partial charge is 0.448 e. The molecule has 196 valence electrons. The minimum atomic E-state index is -0.647. The summed E-state index contributed by atoms with van der Waals surface area (Å²) >= 11 is 5.92. The van der Waals surface area contributed by atoms with E-state index in [0.717, 1.165) is 24.7 Å². The third-order valence-corrected chi connectivity index (χ3v) is 10.8. The number of nitrogens with two attached hydrogens (primary N) is 1. The molecule has 10 heteroatoms. The van der Waals surface area contributed by atoms with Gasteiger partial charge < -0.3 is 10.5 Å². The summed E-state index contributed by atoms with van der Waals surface area (Å²) in [7, 11) is 0. The molecule has 1 fully saturated rings. The molecule has 0 spiro atoms. The Hall–Kier alpha value is -3.15. The monoisotopic (exact) mass is 590 g/mol. The van der Waals surface area contributed by atoms with Crippen LogP contribution >= 0.6 is 46.2 Å². The van der Waals surface area contributed by atoms with Crippen molar-refractivity contribution in [2.45, 2.75) is 21.7 Å². The Balaban J connectivity index is 1.32. The molecule has 0 saturated carbocycles. The quantitative estimate of drug-likeness (QED) is 0.166. The number of esters is 1. The molecule has 1 saturated heterocycles. The number of hydrogen-bond donors (Lipinski definition) is 1. The molecule has 4 aromatic rings. The minimum absolute atomic E-state index is 0.00206. The van der Waals surface area contributed by atoms with Crippen LogP contribution in [0.1, 0.15) is 17.2 Å². The second-order valence-electron chi connectivity index (χ2n) is 8.88. The molecule has 1 amide bonds. The molecule has 2 aliphatic rings. The number of benzene rings is 2. The van der Waals surface area contributed by atoms with Crippen molar-refractivity contribution >= 4 is 67.5 Å². The first-order valence-electron chi connectivity index (χ1n) is 12.1. The van der Waals surface area contributed by atoms with Crippen molar-refractivity contribution in [2.75, 3.05) is 5.75 Å². The SMILES string of the molecule is N[C@@H]1C(=O)N2C(C(=O)OC(c3ccccc3)c3ccccc3)=C(C=CSc3cc(=O)c4sccc4s3)CS[C@H]12. The van der Waals surface area contributed by atoms with E-state index in [0.29, 0.717) is 11.3 Å². The molecular weight excluding hydrogens is 569 g/mol. The van der Waals surface area contributed by atoms with Crippen LogP contribution in [0.4, 0.5) is 0 Å². The van der Waals surface area contributed by atoms with Gasteiger partial charge in [-0.3, -0.25) is 14.5 Å². The van der Waals surface area contributed by atoms with E-state index in [1.807, 2.05) is 83.6 Å². The number of thioether (sulfide) groups is 2. The predicted molar refractivity (Wildman–Crippen MR) is 160 cm³/mol. The van der Waals surface area contributed by atoms with E-state index in [2.05, 4.69) is 0 Å². The zero-order valence-corrected chi connectivity index (χ0v) is 23.7. The minimum Gasteiger partial charge on any atom is -0.448 e. The number of allylic oxidation sites excluding steroid dienone is 1. The zero-order chi connectivity index (χ0) is 26.9. The lowest BCUT2D eigenvalue weighted by atomic mass is 10.0. The van der Waals surface area contributed by atoms with Gasteiger partial charge in [-0.2, -0.15) is 0 Å². The Bertz CT molecular complexity index is 1620. The zero-order valence-electron chi connectivity index (χ0n) is 20.4. The van der Waals surface area contributed by atoms with E-state index >= 15 is 0 Å². The van der Waals surface area contributed by atoms with Crippen molar-refractivity contribution < 1.29 is 14.3 Å². The Morgan fingerprint density at radius 3 is 2.44 bits per heavy atom. The fourth-order valence-corrected chi connectivity index (χ4v) is 8.72. The van der Waals surface area contributed by atoms with Crippen LogP contribution in [0.25, 0.3) is 9.40 Å². The maximum Gasteiger partial charge on any atom is 0.356 e. The molecule has 0 unspecified atom stereocenters. The van der Waals surface area contributed by atoms with Gasteiger partial charge in [0.05, 0.1) is 13.6 Å². The summed E-state index contributed by atoms with van der Waals surface area (Å²) in [4.78, 5) is 40.5. The Morgan fingerprint density at radius 1 is 1.05 bits per heavy atom. The average Bonchev–Trinajstić information content (AvgIpc) is 3.45. The standard InChI is InChI=1S/C29H22N2O4S4/c30-23-27(33)31-24(29(34)35-25(17-7-3-1-4-8-17)18-9-5-2-6-10-18)19(16-38-28(23)31)11-13-36-22-15-20(32)26-21(39-22)12-14-37-26/h1-15,23,25,28H,16,30H2/t23-,28-/m1/s1. The van der Waals surface area contributed by atoms with Gasteiger partial charge in [-0.25, -0.2) is 4.79 Å². The summed E-state index contributed by atoms with van der Waals surface area (Å²) in [6.45, 7) is 0. The highest BCUT2D eigenvalue weighted by atomic mass is 32.2. The number of fused-ring (bicyclic) bond motifs is 2. The van der Waals surface area contributed by atoms with Crippen molar-refractivity contribution in [1.29, 1.82) is 0 Å². The van der Waals surface area contributed by atoms with Crippen molar-refractivity contribution in [3.63, 3.8) is 0 Å². The number of nitrogens with zero attached hydrogens (tertiary/aromatic N) is 1. The lowest BCUT2D eigenvalue weighted by Gasteiger charge is -2.48. The molecular formula is C29H22N2O4S4. The smallest absolute Gasteiger partial charge is 0.356 e. The topological polar surface area (TPSA) is 89.7 Å². The Kier molecular flexibility index (Phi) is 7.46. The molecule has 6 rings (SSSR count). The lowest BCUT2D eigenvalue weighted by molar-refractivity contribution is -0.153. The number of hydrogen-bond acceptors (Lipinski definition) is 9. The van der Waals surface area contributed by atoms with Crippen LogP contribution < -0.4 is 11.2 Å². The molecule has 0 bridgehead atoms. The molecule has 39 heavy (non-hydrogen) atoms. The number of amides is 1. The first kappa shape index (κ1) is 26.1. The van der Waals surface area contributed by atoms with Crippen LogP contribution in [-0.4, -0.2) is 33.9 Å². The van der Waals surface area contributed by atoms with Gasteiger partial charge >= 0.3 is 5.97 Å². The van der Waals surface area contributed by atoms with Crippen LogP contribution in [0.3, 0.4) is 0 Å². The van der Waals surface area contributed by atoms with Crippen molar-refractivity contribution in [3.05, 3.63) is 122 Å². The highest BCUT2D eigenvalue weighted by molar-refractivity contribution is 8.04. The summed E-state index contributed by atoms with van der Waals surface area (Å²) < 4.78 is 8.69. The van der Waals surface area contributed by atoms with E-state index in [-0.39, 0.29) is 22.4 Å². The number of rotatable bonds is 7. The molecule has 0 aliphatic carbocycles. The molecule has 6 nitrogen and oxygen atoms in total. The first-order chi connectivity index (χ1) is 19.0. The molecule has 2 aromatic heterocycles. The van der Waals surface area contributed by atoms with Gasteiger partial charge in [-0.15, -0.1) is 34.4 Å². The highest BCUT2D eigenvalue weighted by Gasteiger charge is 2.52. The van der Waals surface area contributed by atoms with E-state index in [4.69, 9.17) is 10.5 Å². The normalized spacial score (nSPS) is 19.0. The van der Waals surface area contributed by atoms with Gasteiger partial charge in [0, 0.05) is 11.8 Å². The Morgan fingerprint density at radius 2 is 1.74 bits per heavy atom. The van der Waals surface area contributed by atoms with Gasteiger partial charge in [0.1, 0.15) is 17.1 Å². The van der Waals surface area contributed by atoms with Crippen LogP contribution in [0.2, 0.25) is 0 Å². The fourth-order valence-electron chi connectivity index (χ4n) is 4.51. The summed E-state index contributed by atoms with van der Waals surface area (Å²) in [6, 6.07) is 22.0. The summed E-state index contributed by atoms with van der Waals surface area (Å²) in [5, 5.41) is 3.46. The molecule has 2 aliphatic heterocycles. The molecule has 0 radical (unpaired) electrons. The number of carbonyl (C=O) groups is 2.